The van der Waals surface area contributed by atoms with Crippen molar-refractivity contribution in [3.05, 3.63) is 98.2 Å². The molecule has 6 heteroatoms. The third-order valence-corrected chi connectivity index (χ3v) is 5.02. The molecule has 0 N–H and O–H groups in total. The summed E-state index contributed by atoms with van der Waals surface area (Å²) in [6.45, 7) is 0.382. The molecule has 0 fully saturated rings. The fourth-order valence-electron chi connectivity index (χ4n) is 2.76. The summed E-state index contributed by atoms with van der Waals surface area (Å²) in [7, 11) is 0. The fourth-order valence-corrected chi connectivity index (χ4v) is 3.35. The van der Waals surface area contributed by atoms with E-state index in [1.165, 1.54) is 0 Å². The summed E-state index contributed by atoms with van der Waals surface area (Å²) in [5, 5.41) is 1.64. The number of rotatable bonds is 4. The van der Waals surface area contributed by atoms with Crippen LogP contribution in [0.5, 0.6) is 11.5 Å². The first-order chi connectivity index (χ1) is 13.5. The van der Waals surface area contributed by atoms with Crippen molar-refractivity contribution in [3.63, 3.8) is 0 Å². The Labute approximate surface area is 177 Å². The number of benzene rings is 3. The first-order valence-corrected chi connectivity index (χ1v) is 9.53. The number of Topliss-reactive ketones (excluding diaryl/α,β-unsaturated/α-hetero) is 1. The molecule has 1 aliphatic rings. The largest absolute Gasteiger partial charge is 0.489 e. The fraction of sp³-hybridized carbons (Fsp3) is 0.0455. The predicted octanol–water partition coefficient (Wildman–Crippen LogP) is 6.84. The van der Waals surface area contributed by atoms with E-state index in [1.54, 1.807) is 42.5 Å². The van der Waals surface area contributed by atoms with Crippen molar-refractivity contribution in [1.82, 2.24) is 0 Å². The van der Waals surface area contributed by atoms with Gasteiger partial charge in [0, 0.05) is 21.1 Å². The third kappa shape index (κ3) is 4.02. The summed E-state index contributed by atoms with van der Waals surface area (Å²) in [5.74, 6) is 1.06. The molecule has 4 rings (SSSR count). The van der Waals surface area contributed by atoms with Gasteiger partial charge in [0.25, 0.3) is 0 Å². The maximum atomic E-state index is 12.6. The molecule has 3 aromatic rings. The number of fused-ring (bicyclic) bond motifs is 1. The highest BCUT2D eigenvalue weighted by Gasteiger charge is 2.28. The minimum Gasteiger partial charge on any atom is -0.489 e. The number of ketones is 1. The van der Waals surface area contributed by atoms with Crippen LogP contribution in [0.3, 0.4) is 0 Å². The Morgan fingerprint density at radius 3 is 2.39 bits per heavy atom. The van der Waals surface area contributed by atoms with Crippen LogP contribution < -0.4 is 9.47 Å². The zero-order valence-corrected chi connectivity index (χ0v) is 16.7. The Morgan fingerprint density at radius 1 is 0.893 bits per heavy atom. The molecule has 0 unspecified atom stereocenters. The van der Waals surface area contributed by atoms with Crippen LogP contribution in [-0.4, -0.2) is 5.78 Å². The van der Waals surface area contributed by atoms with Crippen LogP contribution in [-0.2, 0) is 6.61 Å². The number of allylic oxidation sites excluding steroid dienone is 1. The minimum absolute atomic E-state index is 0.203. The molecule has 0 saturated carbocycles. The maximum Gasteiger partial charge on any atom is 0.231 e. The van der Waals surface area contributed by atoms with Crippen molar-refractivity contribution >= 4 is 46.7 Å². The Balaban J connectivity index is 1.52. The van der Waals surface area contributed by atoms with Gasteiger partial charge in [-0.3, -0.25) is 4.79 Å². The Kier molecular flexibility index (Phi) is 5.31. The van der Waals surface area contributed by atoms with Crippen LogP contribution in [0, 0.1) is 0 Å². The van der Waals surface area contributed by atoms with E-state index in [1.807, 2.05) is 24.3 Å². The smallest absolute Gasteiger partial charge is 0.231 e. The molecule has 1 heterocycles. The molecule has 28 heavy (non-hydrogen) atoms. The van der Waals surface area contributed by atoms with Crippen LogP contribution >= 0.6 is 34.8 Å². The molecule has 0 bridgehead atoms. The molecule has 0 atom stereocenters. The van der Waals surface area contributed by atoms with Crippen molar-refractivity contribution < 1.29 is 14.3 Å². The lowest BCUT2D eigenvalue weighted by Crippen LogP contribution is -1.98. The topological polar surface area (TPSA) is 35.5 Å². The highest BCUT2D eigenvalue weighted by atomic mass is 35.5. The first kappa shape index (κ1) is 18.9. The van der Waals surface area contributed by atoms with Gasteiger partial charge in [-0.05, 0) is 53.6 Å². The van der Waals surface area contributed by atoms with E-state index in [0.717, 1.165) is 5.56 Å². The molecule has 0 spiro atoms. The van der Waals surface area contributed by atoms with E-state index >= 15 is 0 Å². The first-order valence-electron chi connectivity index (χ1n) is 8.40. The lowest BCUT2D eigenvalue weighted by atomic mass is 10.1. The molecule has 3 aromatic carbocycles. The van der Waals surface area contributed by atoms with Crippen LogP contribution in [0.25, 0.3) is 6.08 Å². The Morgan fingerprint density at radius 2 is 1.64 bits per heavy atom. The molecule has 0 aromatic heterocycles. The molecule has 0 aliphatic carbocycles. The molecule has 0 radical (unpaired) electrons. The normalized spacial score (nSPS) is 14.1. The zero-order chi connectivity index (χ0) is 19.7. The Hall–Kier alpha value is -2.46. The van der Waals surface area contributed by atoms with E-state index in [9.17, 15) is 4.79 Å². The van der Waals surface area contributed by atoms with Crippen molar-refractivity contribution in [2.45, 2.75) is 6.61 Å². The van der Waals surface area contributed by atoms with Crippen LogP contribution in [0.1, 0.15) is 21.5 Å². The van der Waals surface area contributed by atoms with Gasteiger partial charge in [0.15, 0.2) is 5.76 Å². The van der Waals surface area contributed by atoms with Gasteiger partial charge in [0.05, 0.1) is 5.56 Å². The van der Waals surface area contributed by atoms with Crippen molar-refractivity contribution in [3.8, 4) is 11.5 Å². The molecular formula is C22H13Cl3O3. The second-order valence-electron chi connectivity index (χ2n) is 6.18. The van der Waals surface area contributed by atoms with E-state index in [-0.39, 0.29) is 11.5 Å². The van der Waals surface area contributed by atoms with Gasteiger partial charge >= 0.3 is 0 Å². The summed E-state index contributed by atoms with van der Waals surface area (Å²) in [5.41, 5.74) is 2.12. The average Bonchev–Trinajstić information content (AvgIpc) is 2.98. The summed E-state index contributed by atoms with van der Waals surface area (Å²) < 4.78 is 11.5. The number of carbonyl (C=O) groups is 1. The number of halogens is 3. The second-order valence-corrected chi connectivity index (χ2v) is 7.46. The molecule has 3 nitrogen and oxygen atoms in total. The number of hydrogen-bond donors (Lipinski definition) is 0. The maximum absolute atomic E-state index is 12.6. The van der Waals surface area contributed by atoms with Gasteiger partial charge in [-0.15, -0.1) is 0 Å². The monoisotopic (exact) mass is 430 g/mol. The van der Waals surface area contributed by atoms with Crippen molar-refractivity contribution in [2.75, 3.05) is 0 Å². The van der Waals surface area contributed by atoms with Gasteiger partial charge in [-0.25, -0.2) is 0 Å². The quantitative estimate of drug-likeness (QED) is 0.424. The summed E-state index contributed by atoms with van der Waals surface area (Å²) in [4.78, 5) is 12.6. The van der Waals surface area contributed by atoms with Crippen molar-refractivity contribution in [2.24, 2.45) is 0 Å². The number of ether oxygens (including phenoxy) is 2. The van der Waals surface area contributed by atoms with Gasteiger partial charge in [0.1, 0.15) is 18.1 Å². The summed E-state index contributed by atoms with van der Waals surface area (Å²) in [6, 6.07) is 17.6. The van der Waals surface area contributed by atoms with E-state index in [2.05, 4.69) is 0 Å². The highest BCUT2D eigenvalue weighted by Crippen LogP contribution is 2.36. The minimum atomic E-state index is -0.203. The summed E-state index contributed by atoms with van der Waals surface area (Å²) in [6.07, 6.45) is 1.61. The number of carbonyl (C=O) groups excluding carboxylic acids is 1. The Bertz CT molecular complexity index is 1090. The van der Waals surface area contributed by atoms with Crippen LogP contribution in [0.4, 0.5) is 0 Å². The molecule has 140 valence electrons. The van der Waals surface area contributed by atoms with Crippen LogP contribution in [0.2, 0.25) is 15.1 Å². The highest BCUT2D eigenvalue weighted by molar-refractivity contribution is 6.35. The lowest BCUT2D eigenvalue weighted by molar-refractivity contribution is 0.101. The molecule has 1 aliphatic heterocycles. The van der Waals surface area contributed by atoms with Crippen LogP contribution in [0.15, 0.2) is 66.4 Å². The average molecular weight is 432 g/mol. The SMILES string of the molecule is O=C1C(=Cc2ccc(Cl)cc2Cl)Oc2cc(OCc3ccc(Cl)cc3)ccc21. The lowest BCUT2D eigenvalue weighted by Gasteiger charge is -2.07. The van der Waals surface area contributed by atoms with Gasteiger partial charge in [-0.2, -0.15) is 0 Å². The molecular weight excluding hydrogens is 419 g/mol. The standard InChI is InChI=1S/C22H13Cl3O3/c23-15-4-1-13(2-5-15)12-27-17-7-8-18-20(11-17)28-21(22(18)26)9-14-3-6-16(24)10-19(14)25/h1-11H,12H2. The van der Waals surface area contributed by atoms with E-state index in [4.69, 9.17) is 44.3 Å². The van der Waals surface area contributed by atoms with E-state index < -0.39 is 0 Å². The van der Waals surface area contributed by atoms with Gasteiger partial charge in [0.2, 0.25) is 5.78 Å². The third-order valence-electron chi connectivity index (χ3n) is 4.21. The molecule has 0 saturated heterocycles. The van der Waals surface area contributed by atoms with Crippen molar-refractivity contribution in [1.29, 1.82) is 0 Å². The summed E-state index contributed by atoms with van der Waals surface area (Å²) >= 11 is 18.0. The second kappa shape index (κ2) is 7.88. The molecule has 0 amide bonds. The van der Waals surface area contributed by atoms with Gasteiger partial charge < -0.3 is 9.47 Å². The number of hydrogen-bond acceptors (Lipinski definition) is 3. The van der Waals surface area contributed by atoms with Gasteiger partial charge in [-0.1, -0.05) is 53.0 Å². The zero-order valence-electron chi connectivity index (χ0n) is 14.4. The van der Waals surface area contributed by atoms with E-state index in [0.29, 0.717) is 44.3 Å². The predicted molar refractivity (Wildman–Crippen MR) is 112 cm³/mol.